The van der Waals surface area contributed by atoms with Gasteiger partial charge in [-0.05, 0) is 33.8 Å². The Morgan fingerprint density at radius 2 is 1.83 bits per heavy atom. The first-order valence-electron chi connectivity index (χ1n) is 7.55. The number of benzene rings is 1. The molecule has 1 aromatic carbocycles. The second-order valence-corrected chi connectivity index (χ2v) is 6.61. The first kappa shape index (κ1) is 16.2. The minimum atomic E-state index is -0.517. The molecule has 0 amide bonds. The van der Waals surface area contributed by atoms with Crippen LogP contribution in [0.1, 0.15) is 27.7 Å². The summed E-state index contributed by atoms with van der Waals surface area (Å²) in [5, 5.41) is 0.905. The molecule has 0 spiro atoms. The summed E-state index contributed by atoms with van der Waals surface area (Å²) in [5.74, 6) is 0.636. The van der Waals surface area contributed by atoms with Crippen LogP contribution in [0.5, 0.6) is 5.75 Å². The third-order valence-corrected chi connectivity index (χ3v) is 4.48. The summed E-state index contributed by atoms with van der Waals surface area (Å²) in [4.78, 5) is 8.33. The lowest BCUT2D eigenvalue weighted by Gasteiger charge is -2.32. The molecule has 1 aliphatic heterocycles. The lowest BCUT2D eigenvalue weighted by Crippen LogP contribution is -2.41. The fourth-order valence-electron chi connectivity index (χ4n) is 2.43. The van der Waals surface area contributed by atoms with Crippen LogP contribution in [0.4, 0.5) is 0 Å². The third kappa shape index (κ3) is 2.92. The van der Waals surface area contributed by atoms with Gasteiger partial charge in [-0.2, -0.15) is 0 Å². The van der Waals surface area contributed by atoms with Gasteiger partial charge in [-0.3, -0.25) is 0 Å². The van der Waals surface area contributed by atoms with Gasteiger partial charge in [-0.25, -0.2) is 9.97 Å². The molecule has 0 N–H and O–H groups in total. The summed E-state index contributed by atoms with van der Waals surface area (Å²) in [7, 11) is 1.06. The second kappa shape index (κ2) is 5.74. The molecule has 0 aliphatic carbocycles. The molecule has 122 valence electrons. The number of hydrogen-bond acceptors (Lipinski definition) is 6. The molecule has 1 fully saturated rings. The van der Waals surface area contributed by atoms with E-state index in [-0.39, 0.29) is 6.79 Å². The van der Waals surface area contributed by atoms with Crippen molar-refractivity contribution in [3.05, 3.63) is 24.7 Å². The van der Waals surface area contributed by atoms with Gasteiger partial charge in [0.25, 0.3) is 0 Å². The van der Waals surface area contributed by atoms with E-state index >= 15 is 0 Å². The number of fused-ring (bicyclic) bond motifs is 1. The van der Waals surface area contributed by atoms with Crippen LogP contribution in [0.2, 0.25) is 0 Å². The Bertz CT molecular complexity index is 704. The largest absolute Gasteiger partial charge is 0.498 e. The molecule has 0 radical (unpaired) electrons. The van der Waals surface area contributed by atoms with Crippen molar-refractivity contribution in [2.75, 3.05) is 13.9 Å². The topological polar surface area (TPSA) is 62.7 Å². The van der Waals surface area contributed by atoms with Crippen LogP contribution in [-0.2, 0) is 14.0 Å². The zero-order valence-corrected chi connectivity index (χ0v) is 14.1. The molecular formula is C16H21BN2O4. The average molecular weight is 316 g/mol. The Labute approximate surface area is 136 Å². The molecule has 1 saturated heterocycles. The average Bonchev–Trinajstić information content (AvgIpc) is 2.72. The van der Waals surface area contributed by atoms with Crippen molar-refractivity contribution in [2.45, 2.75) is 38.9 Å². The lowest BCUT2D eigenvalue weighted by atomic mass is 9.77. The van der Waals surface area contributed by atoms with Gasteiger partial charge in [0.2, 0.25) is 0 Å². The molecule has 6 nitrogen and oxygen atoms in total. The van der Waals surface area contributed by atoms with Gasteiger partial charge in [-0.15, -0.1) is 0 Å². The summed E-state index contributed by atoms with van der Waals surface area (Å²) in [6, 6.07) is 3.80. The Morgan fingerprint density at radius 3 is 2.48 bits per heavy atom. The van der Waals surface area contributed by atoms with E-state index in [0.29, 0.717) is 5.75 Å². The fraction of sp³-hybridized carbons (Fsp3) is 0.500. The first-order chi connectivity index (χ1) is 10.8. The van der Waals surface area contributed by atoms with Gasteiger partial charge in [0, 0.05) is 30.2 Å². The molecule has 23 heavy (non-hydrogen) atoms. The number of nitrogens with zero attached hydrogens (tertiary/aromatic N) is 2. The number of methoxy groups -OCH3 is 1. The van der Waals surface area contributed by atoms with Crippen LogP contribution in [0.3, 0.4) is 0 Å². The minimum absolute atomic E-state index is 0.142. The molecule has 0 saturated carbocycles. The molecule has 0 bridgehead atoms. The van der Waals surface area contributed by atoms with E-state index in [1.807, 2.05) is 39.8 Å². The van der Waals surface area contributed by atoms with Crippen LogP contribution in [-0.4, -0.2) is 42.2 Å². The Balaban J connectivity index is 2.05. The van der Waals surface area contributed by atoms with Gasteiger partial charge in [0.05, 0.1) is 16.7 Å². The lowest BCUT2D eigenvalue weighted by molar-refractivity contribution is 0.00578. The van der Waals surface area contributed by atoms with Crippen LogP contribution >= 0.6 is 0 Å². The van der Waals surface area contributed by atoms with Crippen molar-refractivity contribution >= 4 is 23.5 Å². The molecule has 7 heteroatoms. The van der Waals surface area contributed by atoms with Crippen molar-refractivity contribution in [1.29, 1.82) is 0 Å². The number of ether oxygens (including phenoxy) is 2. The van der Waals surface area contributed by atoms with E-state index in [4.69, 9.17) is 18.8 Å². The standard InChI is InChI=1S/C16H21BN2O4/c1-15(2)16(3,4)23-17(22-15)12-6-11-8-18-9-19-13(11)7-14(12)21-10-20-5/h6-9H,10H2,1-5H3. The smallest absolute Gasteiger partial charge is 0.468 e. The minimum Gasteiger partial charge on any atom is -0.468 e. The van der Waals surface area contributed by atoms with Gasteiger partial charge >= 0.3 is 7.12 Å². The number of rotatable bonds is 4. The van der Waals surface area contributed by atoms with Crippen LogP contribution in [0.25, 0.3) is 10.9 Å². The van der Waals surface area contributed by atoms with Crippen molar-refractivity contribution in [3.63, 3.8) is 0 Å². The molecule has 2 heterocycles. The van der Waals surface area contributed by atoms with Gasteiger partial charge in [0.1, 0.15) is 12.1 Å². The van der Waals surface area contributed by atoms with E-state index in [1.54, 1.807) is 13.3 Å². The molecule has 3 rings (SSSR count). The normalized spacial score (nSPS) is 19.3. The van der Waals surface area contributed by atoms with Crippen LogP contribution in [0, 0.1) is 0 Å². The van der Waals surface area contributed by atoms with Crippen molar-refractivity contribution in [1.82, 2.24) is 9.97 Å². The highest BCUT2D eigenvalue weighted by molar-refractivity contribution is 6.63. The zero-order valence-electron chi connectivity index (χ0n) is 14.1. The maximum absolute atomic E-state index is 6.14. The summed E-state index contributed by atoms with van der Waals surface area (Å²) in [6.45, 7) is 8.22. The van der Waals surface area contributed by atoms with Gasteiger partial charge < -0.3 is 18.8 Å². The maximum atomic E-state index is 6.14. The number of hydrogen-bond donors (Lipinski definition) is 0. The second-order valence-electron chi connectivity index (χ2n) is 6.61. The summed E-state index contributed by atoms with van der Waals surface area (Å²) in [6.07, 6.45) is 3.27. The van der Waals surface area contributed by atoms with Gasteiger partial charge in [0.15, 0.2) is 6.79 Å². The third-order valence-electron chi connectivity index (χ3n) is 4.48. The zero-order chi connectivity index (χ0) is 16.7. The monoisotopic (exact) mass is 316 g/mol. The van der Waals surface area contributed by atoms with Crippen molar-refractivity contribution in [2.24, 2.45) is 0 Å². The van der Waals surface area contributed by atoms with E-state index in [9.17, 15) is 0 Å². The molecular weight excluding hydrogens is 295 g/mol. The van der Waals surface area contributed by atoms with Gasteiger partial charge in [-0.1, -0.05) is 0 Å². The summed E-state index contributed by atoms with van der Waals surface area (Å²) in [5.41, 5.74) is 0.769. The highest BCUT2D eigenvalue weighted by atomic mass is 16.7. The van der Waals surface area contributed by atoms with E-state index in [0.717, 1.165) is 16.4 Å². The molecule has 0 unspecified atom stereocenters. The van der Waals surface area contributed by atoms with E-state index in [2.05, 4.69) is 9.97 Å². The Kier molecular flexibility index (Phi) is 4.04. The fourth-order valence-corrected chi connectivity index (χ4v) is 2.43. The Hall–Kier alpha value is -1.70. The van der Waals surface area contributed by atoms with Crippen LogP contribution in [0.15, 0.2) is 24.7 Å². The first-order valence-corrected chi connectivity index (χ1v) is 7.55. The highest BCUT2D eigenvalue weighted by Crippen LogP contribution is 2.37. The predicted molar refractivity (Wildman–Crippen MR) is 87.8 cm³/mol. The Morgan fingerprint density at radius 1 is 1.13 bits per heavy atom. The van der Waals surface area contributed by atoms with E-state index < -0.39 is 18.3 Å². The van der Waals surface area contributed by atoms with Crippen molar-refractivity contribution in [3.8, 4) is 5.75 Å². The molecule has 2 aromatic rings. The molecule has 0 atom stereocenters. The summed E-state index contributed by atoms with van der Waals surface area (Å²) < 4.78 is 23.0. The maximum Gasteiger partial charge on any atom is 0.498 e. The predicted octanol–water partition coefficient (Wildman–Crippen LogP) is 1.91. The van der Waals surface area contributed by atoms with E-state index in [1.165, 1.54) is 6.33 Å². The molecule has 1 aromatic heterocycles. The molecule has 1 aliphatic rings. The van der Waals surface area contributed by atoms with Crippen molar-refractivity contribution < 1.29 is 18.8 Å². The highest BCUT2D eigenvalue weighted by Gasteiger charge is 2.52. The quantitative estimate of drug-likeness (QED) is 0.634. The number of aromatic nitrogens is 2. The SMILES string of the molecule is COCOc1cc2ncncc2cc1B1OC(C)(C)C(C)(C)O1. The summed E-state index contributed by atoms with van der Waals surface area (Å²) >= 11 is 0. The van der Waals surface area contributed by atoms with Crippen LogP contribution < -0.4 is 10.2 Å².